The van der Waals surface area contributed by atoms with E-state index in [0.717, 1.165) is 17.3 Å². The number of hydrogen-bond donors (Lipinski definition) is 1. The average molecular weight is 379 g/mol. The maximum Gasteiger partial charge on any atom is 0.326 e. The molecule has 0 spiro atoms. The summed E-state index contributed by atoms with van der Waals surface area (Å²) in [5.41, 5.74) is 0.764. The highest BCUT2D eigenvalue weighted by Crippen LogP contribution is 2.37. The highest BCUT2D eigenvalue weighted by atomic mass is 32.2. The molecule has 1 fully saturated rings. The first-order chi connectivity index (χ1) is 11.9. The van der Waals surface area contributed by atoms with Crippen LogP contribution in [0.1, 0.15) is 25.8 Å². The first-order valence-corrected chi connectivity index (χ1v) is 8.99. The van der Waals surface area contributed by atoms with E-state index in [4.69, 9.17) is 21.7 Å². The Hall–Kier alpha value is -2.06. The van der Waals surface area contributed by atoms with Gasteiger partial charge in [-0.25, -0.2) is 4.79 Å². The van der Waals surface area contributed by atoms with Crippen molar-refractivity contribution in [3.63, 3.8) is 0 Å². The summed E-state index contributed by atoms with van der Waals surface area (Å²) in [5, 5.41) is 9.49. The third-order valence-corrected chi connectivity index (χ3v) is 5.14. The van der Waals surface area contributed by atoms with Crippen LogP contribution in [0.4, 0.5) is 0 Å². The molecule has 0 unspecified atom stereocenters. The van der Waals surface area contributed by atoms with E-state index < -0.39 is 12.0 Å². The first-order valence-electron chi connectivity index (χ1n) is 7.76. The number of rotatable bonds is 5. The van der Waals surface area contributed by atoms with Gasteiger partial charge in [-0.05, 0) is 36.1 Å². The topological polar surface area (TPSA) is 76.1 Å². The molecule has 8 heteroatoms. The Labute approximate surface area is 154 Å². The van der Waals surface area contributed by atoms with E-state index in [1.54, 1.807) is 18.2 Å². The molecular formula is C17H17NO5S2. The minimum atomic E-state index is -1.05. The van der Waals surface area contributed by atoms with Gasteiger partial charge in [0.2, 0.25) is 6.79 Å². The molecule has 0 saturated carbocycles. The molecule has 6 nitrogen and oxygen atoms in total. The third kappa shape index (κ3) is 3.64. The zero-order valence-corrected chi connectivity index (χ0v) is 15.4. The second kappa shape index (κ2) is 7.05. The standard InChI is InChI=1S/C17H17NO5S2/c1-9(2)5-11(16(20)21)18-15(19)14(25-17(18)24)7-10-3-4-12-13(6-10)23-8-22-12/h3-4,6-7,9,11H,5,8H2,1-2H3,(H,20,21)/b14-7-/t11-/m0/s1. The van der Waals surface area contributed by atoms with Crippen molar-refractivity contribution in [1.82, 2.24) is 4.90 Å². The number of carbonyl (C=O) groups excluding carboxylic acids is 1. The van der Waals surface area contributed by atoms with Crippen molar-refractivity contribution in [2.45, 2.75) is 26.3 Å². The Balaban J connectivity index is 1.86. The van der Waals surface area contributed by atoms with Crippen LogP contribution >= 0.6 is 24.0 Å². The molecular weight excluding hydrogens is 362 g/mol. The van der Waals surface area contributed by atoms with E-state index in [1.807, 2.05) is 19.9 Å². The molecule has 3 rings (SSSR count). The molecule has 1 aromatic carbocycles. The molecule has 1 amide bonds. The molecule has 132 valence electrons. The van der Waals surface area contributed by atoms with Gasteiger partial charge in [-0.3, -0.25) is 9.69 Å². The Morgan fingerprint density at radius 2 is 2.12 bits per heavy atom. The summed E-state index contributed by atoms with van der Waals surface area (Å²) in [6.07, 6.45) is 2.04. The third-order valence-electron chi connectivity index (χ3n) is 3.81. The normalized spacial score (nSPS) is 19.2. The van der Waals surface area contributed by atoms with E-state index in [0.29, 0.717) is 22.8 Å². The lowest BCUT2D eigenvalue weighted by Crippen LogP contribution is -2.44. The van der Waals surface area contributed by atoms with Gasteiger partial charge in [0.15, 0.2) is 11.5 Å². The summed E-state index contributed by atoms with van der Waals surface area (Å²) in [7, 11) is 0. The van der Waals surface area contributed by atoms with Crippen molar-refractivity contribution < 1.29 is 24.2 Å². The van der Waals surface area contributed by atoms with Crippen molar-refractivity contribution in [1.29, 1.82) is 0 Å². The van der Waals surface area contributed by atoms with Crippen molar-refractivity contribution in [3.8, 4) is 11.5 Å². The number of hydrogen-bond acceptors (Lipinski definition) is 6. The molecule has 1 atom stereocenters. The lowest BCUT2D eigenvalue weighted by molar-refractivity contribution is -0.145. The number of thioether (sulfide) groups is 1. The second-order valence-corrected chi connectivity index (χ2v) is 7.82. The lowest BCUT2D eigenvalue weighted by Gasteiger charge is -2.24. The predicted molar refractivity (Wildman–Crippen MR) is 98.5 cm³/mol. The summed E-state index contributed by atoms with van der Waals surface area (Å²) in [5.74, 6) is -0.0151. The molecule has 1 saturated heterocycles. The number of benzene rings is 1. The van der Waals surface area contributed by atoms with E-state index in [9.17, 15) is 14.7 Å². The minimum absolute atomic E-state index is 0.128. The van der Waals surface area contributed by atoms with Gasteiger partial charge in [0, 0.05) is 0 Å². The maximum absolute atomic E-state index is 12.7. The van der Waals surface area contributed by atoms with Crippen molar-refractivity contribution in [2.75, 3.05) is 6.79 Å². The fraction of sp³-hybridized carbons (Fsp3) is 0.353. The van der Waals surface area contributed by atoms with Crippen LogP contribution in [0.3, 0.4) is 0 Å². The van der Waals surface area contributed by atoms with Gasteiger partial charge in [0.05, 0.1) is 4.91 Å². The average Bonchev–Trinajstić information content (AvgIpc) is 3.10. The Bertz CT molecular complexity index is 774. The van der Waals surface area contributed by atoms with Crippen molar-refractivity contribution >= 4 is 46.3 Å². The summed E-state index contributed by atoms with van der Waals surface area (Å²) in [4.78, 5) is 25.9. The number of carboxylic acids is 1. The molecule has 2 heterocycles. The number of nitrogens with zero attached hydrogens (tertiary/aromatic N) is 1. The van der Waals surface area contributed by atoms with Gasteiger partial charge in [-0.2, -0.15) is 0 Å². The van der Waals surface area contributed by atoms with E-state index >= 15 is 0 Å². The van der Waals surface area contributed by atoms with Gasteiger partial charge >= 0.3 is 5.97 Å². The van der Waals surface area contributed by atoms with Crippen LogP contribution < -0.4 is 9.47 Å². The fourth-order valence-electron chi connectivity index (χ4n) is 2.67. The van der Waals surface area contributed by atoms with Gasteiger partial charge in [-0.1, -0.05) is 43.9 Å². The van der Waals surface area contributed by atoms with E-state index in [1.165, 1.54) is 4.90 Å². The summed E-state index contributed by atoms with van der Waals surface area (Å²) < 4.78 is 10.9. The number of amides is 1. The molecule has 0 bridgehead atoms. The quantitative estimate of drug-likeness (QED) is 0.622. The number of aliphatic carboxylic acids is 1. The fourth-order valence-corrected chi connectivity index (χ4v) is 4.02. The summed E-state index contributed by atoms with van der Waals surface area (Å²) in [6, 6.07) is 4.41. The van der Waals surface area contributed by atoms with Crippen LogP contribution in [0, 0.1) is 5.92 Å². The van der Waals surface area contributed by atoms with Gasteiger partial charge in [0.25, 0.3) is 5.91 Å². The van der Waals surface area contributed by atoms with Crippen LogP contribution in [0.15, 0.2) is 23.1 Å². The first kappa shape index (κ1) is 17.8. The Kier molecular flexibility index (Phi) is 5.01. The molecule has 0 aromatic heterocycles. The van der Waals surface area contributed by atoms with Crippen molar-refractivity contribution in [3.05, 3.63) is 28.7 Å². The predicted octanol–water partition coefficient (Wildman–Crippen LogP) is 3.12. The zero-order chi connectivity index (χ0) is 18.1. The van der Waals surface area contributed by atoms with Crippen LogP contribution in [-0.2, 0) is 9.59 Å². The molecule has 1 N–H and O–H groups in total. The van der Waals surface area contributed by atoms with Crippen LogP contribution in [0.5, 0.6) is 11.5 Å². The SMILES string of the molecule is CC(C)C[C@@H](C(=O)O)N1C(=O)/C(=C/c2ccc3c(c2)OCO3)SC1=S. The molecule has 2 aliphatic rings. The van der Waals surface area contributed by atoms with Gasteiger partial charge in [-0.15, -0.1) is 0 Å². The highest BCUT2D eigenvalue weighted by molar-refractivity contribution is 8.26. The van der Waals surface area contributed by atoms with Crippen LogP contribution in [0.2, 0.25) is 0 Å². The monoisotopic (exact) mass is 379 g/mol. The lowest BCUT2D eigenvalue weighted by atomic mass is 10.0. The van der Waals surface area contributed by atoms with Crippen LogP contribution in [-0.4, -0.2) is 39.0 Å². The maximum atomic E-state index is 12.7. The smallest absolute Gasteiger partial charge is 0.326 e. The van der Waals surface area contributed by atoms with Gasteiger partial charge < -0.3 is 14.6 Å². The number of carbonyl (C=O) groups is 2. The van der Waals surface area contributed by atoms with E-state index in [-0.39, 0.29) is 22.9 Å². The number of carboxylic acid groups (broad SMARTS) is 1. The largest absolute Gasteiger partial charge is 0.480 e. The number of thiocarbonyl (C=S) groups is 1. The van der Waals surface area contributed by atoms with Crippen molar-refractivity contribution in [2.24, 2.45) is 5.92 Å². The zero-order valence-electron chi connectivity index (χ0n) is 13.7. The summed E-state index contributed by atoms with van der Waals surface area (Å²) >= 11 is 6.37. The number of ether oxygens (including phenoxy) is 2. The Morgan fingerprint density at radius 1 is 1.40 bits per heavy atom. The molecule has 25 heavy (non-hydrogen) atoms. The molecule has 0 aliphatic carbocycles. The molecule has 1 aromatic rings. The number of fused-ring (bicyclic) bond motifs is 1. The second-order valence-electron chi connectivity index (χ2n) is 6.15. The molecule has 0 radical (unpaired) electrons. The Morgan fingerprint density at radius 3 is 2.80 bits per heavy atom. The van der Waals surface area contributed by atoms with Crippen LogP contribution in [0.25, 0.3) is 6.08 Å². The molecule has 2 aliphatic heterocycles. The summed E-state index contributed by atoms with van der Waals surface area (Å²) in [6.45, 7) is 4.00. The minimum Gasteiger partial charge on any atom is -0.480 e. The van der Waals surface area contributed by atoms with Gasteiger partial charge in [0.1, 0.15) is 10.4 Å². The van der Waals surface area contributed by atoms with E-state index in [2.05, 4.69) is 0 Å². The highest BCUT2D eigenvalue weighted by Gasteiger charge is 2.40.